The lowest BCUT2D eigenvalue weighted by Crippen LogP contribution is -2.50. The first-order valence-electron chi connectivity index (χ1n) is 7.92. The fourth-order valence-electron chi connectivity index (χ4n) is 3.72. The molecule has 1 aliphatic heterocycles. The molecule has 3 rings (SSSR count). The Morgan fingerprint density at radius 3 is 2.81 bits per heavy atom. The van der Waals surface area contributed by atoms with E-state index >= 15 is 0 Å². The molecule has 1 aliphatic carbocycles. The lowest BCUT2D eigenvalue weighted by Gasteiger charge is -2.44. The van der Waals surface area contributed by atoms with Crippen molar-refractivity contribution in [2.24, 2.45) is 5.92 Å². The van der Waals surface area contributed by atoms with Crippen LogP contribution in [0.1, 0.15) is 38.5 Å². The smallest absolute Gasteiger partial charge is 0.233 e. The summed E-state index contributed by atoms with van der Waals surface area (Å²) in [4.78, 5) is 16.0. The van der Waals surface area contributed by atoms with Gasteiger partial charge in [0.25, 0.3) is 0 Å². The highest BCUT2D eigenvalue weighted by atomic mass is 79.9. The molecule has 2 unspecified atom stereocenters. The second-order valence-electron chi connectivity index (χ2n) is 6.06. The number of fused-ring (bicyclic) bond motifs is 1. The number of thioether (sulfide) groups is 1. The van der Waals surface area contributed by atoms with Gasteiger partial charge in [0.15, 0.2) is 0 Å². The molecule has 2 atom stereocenters. The van der Waals surface area contributed by atoms with Gasteiger partial charge in [0, 0.05) is 22.0 Å². The average molecular weight is 368 g/mol. The molecule has 2 aliphatic rings. The maximum absolute atomic E-state index is 12.6. The van der Waals surface area contributed by atoms with Crippen LogP contribution in [-0.2, 0) is 4.79 Å². The van der Waals surface area contributed by atoms with Gasteiger partial charge >= 0.3 is 0 Å². The van der Waals surface area contributed by atoms with Crippen LogP contribution < -0.4 is 0 Å². The van der Waals surface area contributed by atoms with E-state index < -0.39 is 0 Å². The molecule has 4 heteroatoms. The van der Waals surface area contributed by atoms with Crippen molar-refractivity contribution in [3.05, 3.63) is 28.7 Å². The Morgan fingerprint density at radius 2 is 1.95 bits per heavy atom. The first-order chi connectivity index (χ1) is 10.3. The fraction of sp³-hybridized carbons (Fsp3) is 0.588. The summed E-state index contributed by atoms with van der Waals surface area (Å²) in [6, 6.07) is 8.66. The lowest BCUT2D eigenvalue weighted by molar-refractivity contribution is -0.134. The lowest BCUT2D eigenvalue weighted by atomic mass is 9.78. The molecule has 1 heterocycles. The highest BCUT2D eigenvalue weighted by Crippen LogP contribution is 2.36. The molecule has 0 spiro atoms. The van der Waals surface area contributed by atoms with Crippen LogP contribution in [0.5, 0.6) is 0 Å². The molecule has 1 saturated heterocycles. The van der Waals surface area contributed by atoms with Crippen LogP contribution >= 0.6 is 27.7 Å². The highest BCUT2D eigenvalue weighted by Gasteiger charge is 2.35. The molecule has 0 N–H and O–H groups in total. The number of carbonyl (C=O) groups is 1. The van der Waals surface area contributed by atoms with E-state index in [9.17, 15) is 4.79 Å². The third-order valence-corrected chi connectivity index (χ3v) is 6.76. The van der Waals surface area contributed by atoms with Gasteiger partial charge in [0.1, 0.15) is 0 Å². The largest absolute Gasteiger partial charge is 0.339 e. The normalized spacial score (nSPS) is 25.5. The van der Waals surface area contributed by atoms with E-state index in [1.807, 2.05) is 18.2 Å². The zero-order valence-electron chi connectivity index (χ0n) is 12.3. The van der Waals surface area contributed by atoms with E-state index in [1.165, 1.54) is 38.5 Å². The van der Waals surface area contributed by atoms with Crippen molar-refractivity contribution in [2.75, 3.05) is 12.3 Å². The third kappa shape index (κ3) is 3.65. The summed E-state index contributed by atoms with van der Waals surface area (Å²) in [5.41, 5.74) is 0. The molecular weight excluding hydrogens is 346 g/mol. The summed E-state index contributed by atoms with van der Waals surface area (Å²) in [6.07, 6.45) is 7.71. The quantitative estimate of drug-likeness (QED) is 0.720. The second kappa shape index (κ2) is 7.19. The summed E-state index contributed by atoms with van der Waals surface area (Å²) >= 11 is 5.20. The molecule has 0 aromatic heterocycles. The van der Waals surface area contributed by atoms with E-state index in [0.717, 1.165) is 21.8 Å². The van der Waals surface area contributed by atoms with Crippen molar-refractivity contribution in [3.8, 4) is 0 Å². The van der Waals surface area contributed by atoms with Gasteiger partial charge in [0.05, 0.1) is 5.75 Å². The van der Waals surface area contributed by atoms with Gasteiger partial charge in [-0.15, -0.1) is 11.8 Å². The summed E-state index contributed by atoms with van der Waals surface area (Å²) in [5, 5.41) is 0. The molecule has 1 aromatic carbocycles. The van der Waals surface area contributed by atoms with Crippen molar-refractivity contribution in [1.82, 2.24) is 4.90 Å². The van der Waals surface area contributed by atoms with Crippen molar-refractivity contribution < 1.29 is 4.79 Å². The predicted molar refractivity (Wildman–Crippen MR) is 91.6 cm³/mol. The molecule has 0 radical (unpaired) electrons. The summed E-state index contributed by atoms with van der Waals surface area (Å²) < 4.78 is 1.08. The van der Waals surface area contributed by atoms with Crippen molar-refractivity contribution in [3.63, 3.8) is 0 Å². The van der Waals surface area contributed by atoms with E-state index in [-0.39, 0.29) is 0 Å². The van der Waals surface area contributed by atoms with Crippen LogP contribution in [0.15, 0.2) is 33.6 Å². The number of rotatable bonds is 3. The zero-order chi connectivity index (χ0) is 14.7. The number of carbonyl (C=O) groups excluding carboxylic acids is 1. The Labute approximate surface area is 139 Å². The number of nitrogens with zero attached hydrogens (tertiary/aromatic N) is 1. The third-order valence-electron chi connectivity index (χ3n) is 4.75. The number of hydrogen-bond acceptors (Lipinski definition) is 2. The minimum absolute atomic E-state index is 0.326. The molecule has 0 bridgehead atoms. The van der Waals surface area contributed by atoms with Crippen LogP contribution in [0.2, 0.25) is 0 Å². The Kier molecular flexibility index (Phi) is 5.28. The monoisotopic (exact) mass is 367 g/mol. The predicted octanol–water partition coefficient (Wildman–Crippen LogP) is 4.72. The molecule has 114 valence electrons. The van der Waals surface area contributed by atoms with Gasteiger partial charge in [0.2, 0.25) is 5.91 Å². The Morgan fingerprint density at radius 1 is 1.19 bits per heavy atom. The number of likely N-dealkylation sites (tertiary alicyclic amines) is 1. The molecule has 1 aromatic rings. The highest BCUT2D eigenvalue weighted by molar-refractivity contribution is 9.10. The molecule has 2 nitrogen and oxygen atoms in total. The maximum Gasteiger partial charge on any atom is 0.233 e. The fourth-order valence-corrected chi connectivity index (χ4v) is 5.17. The maximum atomic E-state index is 12.6. The van der Waals surface area contributed by atoms with Crippen molar-refractivity contribution in [2.45, 2.75) is 49.5 Å². The molecule has 1 saturated carbocycles. The molecular formula is C17H22BrNOS. The van der Waals surface area contributed by atoms with E-state index in [1.54, 1.807) is 11.8 Å². The van der Waals surface area contributed by atoms with E-state index in [2.05, 4.69) is 26.9 Å². The Balaban J connectivity index is 1.60. The SMILES string of the molecule is O=C(CSc1ccccc1Br)N1CCCC2CCCCC21. The van der Waals surface area contributed by atoms with Crippen LogP contribution in [0.4, 0.5) is 0 Å². The van der Waals surface area contributed by atoms with Crippen LogP contribution in [0.25, 0.3) is 0 Å². The van der Waals surface area contributed by atoms with E-state index in [0.29, 0.717) is 17.7 Å². The van der Waals surface area contributed by atoms with Gasteiger partial charge in [-0.05, 0) is 59.7 Å². The topological polar surface area (TPSA) is 20.3 Å². The van der Waals surface area contributed by atoms with Crippen LogP contribution in [-0.4, -0.2) is 29.1 Å². The summed E-state index contributed by atoms with van der Waals surface area (Å²) in [6.45, 7) is 0.969. The van der Waals surface area contributed by atoms with Crippen LogP contribution in [0.3, 0.4) is 0 Å². The number of piperidine rings is 1. The average Bonchev–Trinajstić information content (AvgIpc) is 2.53. The van der Waals surface area contributed by atoms with Gasteiger partial charge in [-0.1, -0.05) is 25.0 Å². The van der Waals surface area contributed by atoms with Gasteiger partial charge in [-0.2, -0.15) is 0 Å². The van der Waals surface area contributed by atoms with E-state index in [4.69, 9.17) is 0 Å². The minimum Gasteiger partial charge on any atom is -0.339 e. The first-order valence-corrected chi connectivity index (χ1v) is 9.70. The molecule has 2 fully saturated rings. The second-order valence-corrected chi connectivity index (χ2v) is 7.93. The zero-order valence-corrected chi connectivity index (χ0v) is 14.7. The first kappa shape index (κ1) is 15.4. The van der Waals surface area contributed by atoms with Gasteiger partial charge in [-0.3, -0.25) is 4.79 Å². The summed E-state index contributed by atoms with van der Waals surface area (Å²) in [5.74, 6) is 1.66. The number of hydrogen-bond donors (Lipinski definition) is 0. The molecule has 21 heavy (non-hydrogen) atoms. The Bertz CT molecular complexity index is 505. The van der Waals surface area contributed by atoms with Gasteiger partial charge < -0.3 is 4.90 Å². The minimum atomic E-state index is 0.326. The number of benzene rings is 1. The van der Waals surface area contributed by atoms with Crippen LogP contribution in [0, 0.1) is 5.92 Å². The Hall–Kier alpha value is -0.480. The molecule has 1 amide bonds. The van der Waals surface area contributed by atoms with Gasteiger partial charge in [-0.25, -0.2) is 0 Å². The number of amides is 1. The summed E-state index contributed by atoms with van der Waals surface area (Å²) in [7, 11) is 0. The number of halogens is 1. The van der Waals surface area contributed by atoms with Crippen molar-refractivity contribution >= 4 is 33.6 Å². The standard InChI is InChI=1S/C17H22BrNOS/c18-14-8-2-4-10-16(14)21-12-17(20)19-11-5-7-13-6-1-3-9-15(13)19/h2,4,8,10,13,15H,1,3,5-7,9,11-12H2. The van der Waals surface area contributed by atoms with Crippen molar-refractivity contribution in [1.29, 1.82) is 0 Å².